The van der Waals surface area contributed by atoms with Gasteiger partial charge in [0.15, 0.2) is 11.6 Å². The van der Waals surface area contributed by atoms with Gasteiger partial charge in [-0.25, -0.2) is 13.8 Å². The number of carbonyl (C=O) groups excluding carboxylic acids is 4. The smallest absolute Gasteiger partial charge is 0.313 e. The number of carbonyl (C=O) groups is 4. The average molecular weight is 1120 g/mol. The van der Waals surface area contributed by atoms with Crippen LogP contribution in [0.15, 0.2) is 47.4 Å². The normalized spacial score (nSPS) is 12.1. The van der Waals surface area contributed by atoms with Crippen molar-refractivity contribution < 1.29 is 88.8 Å². The van der Waals surface area contributed by atoms with E-state index in [1.807, 2.05) is 13.8 Å². The highest BCUT2D eigenvalue weighted by Gasteiger charge is 2.24. The number of nitrogens with two attached hydrogens (primary N) is 1. The van der Waals surface area contributed by atoms with Crippen LogP contribution in [0.3, 0.4) is 0 Å². The Morgan fingerprint density at radius 1 is 0.608 bits per heavy atom. The number of benzene rings is 1. The molecule has 0 saturated carbocycles. The van der Waals surface area contributed by atoms with Crippen LogP contribution in [0.1, 0.15) is 67.6 Å². The van der Waals surface area contributed by atoms with Crippen molar-refractivity contribution in [1.29, 1.82) is 0 Å². The number of anilines is 1. The summed E-state index contributed by atoms with van der Waals surface area (Å²) in [7, 11) is 0. The molecular weight excluding hydrogens is 1050 g/mol. The highest BCUT2D eigenvalue weighted by Crippen LogP contribution is 2.28. The summed E-state index contributed by atoms with van der Waals surface area (Å²) in [5, 5.41) is 5.63. The van der Waals surface area contributed by atoms with Crippen LogP contribution in [0.25, 0.3) is 6.08 Å². The van der Waals surface area contributed by atoms with Gasteiger partial charge in [0.25, 0.3) is 5.91 Å². The maximum atomic E-state index is 13.6. The molecule has 3 amide bonds. The second-order valence-electron chi connectivity index (χ2n) is 17.1. The lowest BCUT2D eigenvalue weighted by molar-refractivity contribution is -0.136. The summed E-state index contributed by atoms with van der Waals surface area (Å²) in [6.45, 7) is 11.8. The van der Waals surface area contributed by atoms with E-state index in [-0.39, 0.29) is 81.7 Å². The van der Waals surface area contributed by atoms with Crippen LogP contribution in [-0.4, -0.2) is 190 Å². The lowest BCUT2D eigenvalue weighted by atomic mass is 10.1. The van der Waals surface area contributed by atoms with Crippen molar-refractivity contribution in [3.8, 4) is 5.75 Å². The van der Waals surface area contributed by atoms with E-state index in [4.69, 9.17) is 53.1 Å². The minimum Gasteiger partial charge on any atom is -0.420 e. The second-order valence-corrected chi connectivity index (χ2v) is 17.1. The molecule has 1 aliphatic heterocycles. The van der Waals surface area contributed by atoms with E-state index < -0.39 is 47.3 Å². The van der Waals surface area contributed by atoms with Crippen molar-refractivity contribution in [2.45, 2.75) is 52.5 Å². The van der Waals surface area contributed by atoms with Crippen molar-refractivity contribution >= 4 is 47.0 Å². The standard InChI is InChI=1S/C53H73F4N7O15/c1-3-7-64(8-4-2)53(68)39-30-44-45(63-46(58)32-39)31-40(36-60-44)52(67)62-41-29-38(34-59-37-41)35-61-47(65)5-9-69-11-13-71-15-17-73-19-21-75-23-25-77-27-28-78-26-24-76-22-20-74-18-16-72-14-12-70-10-6-48(66)79-51-49(56)42(54)33-43(55)50(51)57/h29-31,33-34,36-37H,3-28,32,35H2,1-2H3,(H2,58,63)(H,61,65)(H,62,67). The Hall–Kier alpha value is -6.07. The second kappa shape index (κ2) is 39.3. The number of halogens is 4. The van der Waals surface area contributed by atoms with Crippen LogP contribution in [0.2, 0.25) is 0 Å². The highest BCUT2D eigenvalue weighted by molar-refractivity contribution is 6.07. The molecule has 0 fully saturated rings. The van der Waals surface area contributed by atoms with Gasteiger partial charge in [-0.15, -0.1) is 0 Å². The molecule has 3 aromatic rings. The van der Waals surface area contributed by atoms with Crippen LogP contribution >= 0.6 is 0 Å². The zero-order valence-electron chi connectivity index (χ0n) is 44.8. The molecule has 0 atom stereocenters. The third kappa shape index (κ3) is 26.6. The van der Waals surface area contributed by atoms with Crippen molar-refractivity contribution in [3.05, 3.63) is 82.5 Å². The Kier molecular flexibility index (Phi) is 32.6. The predicted octanol–water partition coefficient (Wildman–Crippen LogP) is 4.88. The molecule has 3 heterocycles. The van der Waals surface area contributed by atoms with E-state index in [0.29, 0.717) is 140 Å². The monoisotopic (exact) mass is 1120 g/mol. The summed E-state index contributed by atoms with van der Waals surface area (Å²) in [5.41, 5.74) is 8.86. The minimum atomic E-state index is -1.80. The molecule has 0 radical (unpaired) electrons. The maximum Gasteiger partial charge on any atom is 0.313 e. The van der Waals surface area contributed by atoms with Gasteiger partial charge >= 0.3 is 5.97 Å². The topological polar surface area (TPSA) is 261 Å². The fraction of sp³-hybridized carbons (Fsp3) is 0.566. The van der Waals surface area contributed by atoms with E-state index in [1.165, 1.54) is 12.4 Å². The number of fused-ring (bicyclic) bond motifs is 1. The Morgan fingerprint density at radius 3 is 1.56 bits per heavy atom. The van der Waals surface area contributed by atoms with Crippen LogP contribution in [0, 0.1) is 23.3 Å². The first-order valence-corrected chi connectivity index (χ1v) is 26.1. The number of aliphatic imine (C=N–C) groups is 1. The SMILES string of the molecule is CCCN(CCC)C(=O)C1=Cc2ncc(C(=O)Nc3cncc(CNC(=O)CCOCCOCCOCCOCCOCCOCCOCCOCCOCCOCCC(=O)Oc4c(F)c(F)cc(F)c4F)c3)cc2N=C(N)C1. The van der Waals surface area contributed by atoms with Crippen molar-refractivity contribution in [2.24, 2.45) is 10.7 Å². The third-order valence-corrected chi connectivity index (χ3v) is 10.8. The number of hydrogen-bond acceptors (Lipinski definition) is 19. The molecule has 0 unspecified atom stereocenters. The van der Waals surface area contributed by atoms with E-state index in [2.05, 4.69) is 30.3 Å². The van der Waals surface area contributed by atoms with Crippen LogP contribution in [0.5, 0.6) is 5.75 Å². The molecule has 4 N–H and O–H groups in total. The number of nitrogens with one attached hydrogen (secondary N) is 2. The Labute approximate surface area is 456 Å². The number of hydrogen-bond donors (Lipinski definition) is 3. The Bertz CT molecular complexity index is 2360. The molecule has 79 heavy (non-hydrogen) atoms. The number of pyridine rings is 2. The molecule has 1 aromatic carbocycles. The maximum absolute atomic E-state index is 13.6. The van der Waals surface area contributed by atoms with Gasteiger partial charge in [-0.05, 0) is 36.6 Å². The number of nitrogens with zero attached hydrogens (tertiary/aromatic N) is 4. The molecule has 0 spiro atoms. The fourth-order valence-electron chi connectivity index (χ4n) is 6.94. The molecule has 0 aliphatic carbocycles. The molecule has 2 aromatic heterocycles. The van der Waals surface area contributed by atoms with Crippen molar-refractivity contribution in [3.63, 3.8) is 0 Å². The molecule has 22 nitrogen and oxygen atoms in total. The molecule has 438 valence electrons. The van der Waals surface area contributed by atoms with Gasteiger partial charge in [0.2, 0.25) is 29.2 Å². The first-order valence-electron chi connectivity index (χ1n) is 26.1. The number of rotatable bonds is 43. The Balaban J connectivity index is 0.869. The summed E-state index contributed by atoms with van der Waals surface area (Å²) < 4.78 is 112. The van der Waals surface area contributed by atoms with E-state index in [9.17, 15) is 36.7 Å². The third-order valence-electron chi connectivity index (χ3n) is 10.8. The van der Waals surface area contributed by atoms with Gasteiger partial charge < -0.3 is 73.4 Å². The molecular formula is C53H73F4N7O15. The summed E-state index contributed by atoms with van der Waals surface area (Å²) >= 11 is 0. The fourth-order valence-corrected chi connectivity index (χ4v) is 6.94. The van der Waals surface area contributed by atoms with E-state index in [0.717, 1.165) is 12.8 Å². The Morgan fingerprint density at radius 2 is 1.08 bits per heavy atom. The summed E-state index contributed by atoms with van der Waals surface area (Å²) in [6, 6.07) is 3.30. The number of aromatic nitrogens is 2. The largest absolute Gasteiger partial charge is 0.420 e. The lowest BCUT2D eigenvalue weighted by Gasteiger charge is -2.22. The van der Waals surface area contributed by atoms with Gasteiger partial charge in [0.1, 0.15) is 5.84 Å². The number of esters is 1. The number of amidine groups is 1. The van der Waals surface area contributed by atoms with Gasteiger partial charge in [-0.1, -0.05) is 13.8 Å². The quantitative estimate of drug-likeness (QED) is 0.0224. The molecule has 0 saturated heterocycles. The molecule has 26 heteroatoms. The van der Waals surface area contributed by atoms with E-state index in [1.54, 1.807) is 29.3 Å². The molecule has 4 rings (SSSR count). The summed E-state index contributed by atoms with van der Waals surface area (Å²) in [4.78, 5) is 65.6. The highest BCUT2D eigenvalue weighted by atomic mass is 19.2. The summed E-state index contributed by atoms with van der Waals surface area (Å²) in [6.07, 6.45) is 7.77. The molecule has 1 aliphatic rings. The van der Waals surface area contributed by atoms with Gasteiger partial charge in [-0.2, -0.15) is 8.78 Å². The van der Waals surface area contributed by atoms with Gasteiger partial charge in [0.05, 0.1) is 167 Å². The molecule has 0 bridgehead atoms. The van der Waals surface area contributed by atoms with Crippen LogP contribution < -0.4 is 21.1 Å². The van der Waals surface area contributed by atoms with Crippen LogP contribution in [-0.2, 0) is 68.3 Å². The van der Waals surface area contributed by atoms with E-state index >= 15 is 0 Å². The lowest BCUT2D eigenvalue weighted by Crippen LogP contribution is -2.34. The van der Waals surface area contributed by atoms with Gasteiger partial charge in [0, 0.05) is 56.5 Å². The first kappa shape index (κ1) is 65.4. The summed E-state index contributed by atoms with van der Waals surface area (Å²) in [5.74, 6) is -10.1. The van der Waals surface area contributed by atoms with Crippen molar-refractivity contribution in [2.75, 3.05) is 151 Å². The van der Waals surface area contributed by atoms with Crippen LogP contribution in [0.4, 0.5) is 28.9 Å². The predicted molar refractivity (Wildman–Crippen MR) is 279 cm³/mol. The number of ether oxygens (including phenoxy) is 11. The zero-order valence-corrected chi connectivity index (χ0v) is 44.8. The average Bonchev–Trinajstić information content (AvgIpc) is 3.63. The van der Waals surface area contributed by atoms with Crippen molar-refractivity contribution in [1.82, 2.24) is 20.2 Å². The zero-order chi connectivity index (χ0) is 56.9. The first-order chi connectivity index (χ1) is 38.4. The minimum absolute atomic E-state index is 0.0122. The number of amides is 3. The van der Waals surface area contributed by atoms with Gasteiger partial charge in [-0.3, -0.25) is 29.1 Å².